The normalized spacial score (nSPS) is 12.6. The summed E-state index contributed by atoms with van der Waals surface area (Å²) in [5.41, 5.74) is 6.28. The largest absolute Gasteiger partial charge is 0.302 e. The van der Waals surface area contributed by atoms with Crippen molar-refractivity contribution < 1.29 is 4.57 Å². The molecule has 0 fully saturated rings. The lowest BCUT2D eigenvalue weighted by molar-refractivity contribution is -0.647. The average Bonchev–Trinajstić information content (AvgIpc) is 3.31. The molecule has 0 N–H and O–H groups in total. The maximum absolute atomic E-state index is 4.53. The number of thiophene rings is 1. The Bertz CT molecular complexity index is 1740. The van der Waals surface area contributed by atoms with Crippen LogP contribution >= 0.6 is 11.3 Å². The first-order valence-corrected chi connectivity index (χ1v) is 10.3. The summed E-state index contributed by atoms with van der Waals surface area (Å²) in [5.74, 6) is 0. The molecule has 0 unspecified atom stereocenters. The quantitative estimate of drug-likeness (QED) is 0.187. The van der Waals surface area contributed by atoms with Crippen LogP contribution in [0.25, 0.3) is 59.1 Å². The van der Waals surface area contributed by atoms with Crippen LogP contribution in [-0.4, -0.2) is 9.38 Å². The molecule has 4 heteroatoms. The van der Waals surface area contributed by atoms with Crippen molar-refractivity contribution in [3.63, 3.8) is 0 Å². The second kappa shape index (κ2) is 4.78. The minimum absolute atomic E-state index is 1.16. The van der Waals surface area contributed by atoms with Gasteiger partial charge in [-0.05, 0) is 35.4 Å². The Morgan fingerprint density at radius 2 is 1.79 bits per heavy atom. The van der Waals surface area contributed by atoms with Gasteiger partial charge in [-0.1, -0.05) is 35.3 Å². The molecule has 4 aromatic heterocycles. The summed E-state index contributed by atoms with van der Waals surface area (Å²) >= 11 is 1.84. The minimum atomic E-state index is 1.16. The van der Waals surface area contributed by atoms with Gasteiger partial charge < -0.3 is 4.40 Å². The van der Waals surface area contributed by atoms with E-state index in [-0.39, 0.29) is 0 Å². The molecule has 0 atom stereocenters. The third kappa shape index (κ3) is 1.50. The molecule has 132 valence electrons. The molecular formula is C24H16N3S+. The second-order valence-electron chi connectivity index (χ2n) is 7.66. The van der Waals surface area contributed by atoms with Crippen molar-refractivity contribution in [2.24, 2.45) is 7.05 Å². The number of benzene rings is 3. The van der Waals surface area contributed by atoms with Crippen molar-refractivity contribution >= 4 is 70.4 Å². The monoisotopic (exact) mass is 378 g/mol. The third-order valence-corrected chi connectivity index (χ3v) is 7.15. The maximum Gasteiger partial charge on any atom is 0.286 e. The van der Waals surface area contributed by atoms with E-state index in [9.17, 15) is 0 Å². The van der Waals surface area contributed by atoms with Crippen LogP contribution in [0.1, 0.15) is 5.56 Å². The summed E-state index contributed by atoms with van der Waals surface area (Å²) in [4.78, 5) is 4.53. The fraction of sp³-hybridized carbons (Fsp3) is 0.0833. The number of nitrogens with zero attached hydrogens (tertiary/aromatic N) is 3. The first-order chi connectivity index (χ1) is 13.8. The number of pyridine rings is 1. The van der Waals surface area contributed by atoms with Crippen LogP contribution in [0.2, 0.25) is 0 Å². The van der Waals surface area contributed by atoms with E-state index in [1.165, 1.54) is 59.1 Å². The van der Waals surface area contributed by atoms with Gasteiger partial charge in [-0.2, -0.15) is 0 Å². The zero-order valence-electron chi connectivity index (χ0n) is 15.5. The first-order valence-electron chi connectivity index (χ1n) is 9.45. The fourth-order valence-electron chi connectivity index (χ4n) is 5.13. The van der Waals surface area contributed by atoms with Crippen molar-refractivity contribution in [3.05, 3.63) is 65.9 Å². The van der Waals surface area contributed by atoms with Crippen LogP contribution in [0.3, 0.4) is 0 Å². The molecule has 3 aromatic carbocycles. The van der Waals surface area contributed by atoms with Gasteiger partial charge in [0.15, 0.2) is 11.7 Å². The van der Waals surface area contributed by atoms with Gasteiger partial charge in [0.1, 0.15) is 5.52 Å². The predicted octanol–water partition coefficient (Wildman–Crippen LogP) is 5.73. The van der Waals surface area contributed by atoms with Crippen LogP contribution in [0, 0.1) is 6.92 Å². The van der Waals surface area contributed by atoms with Crippen molar-refractivity contribution in [1.29, 1.82) is 0 Å². The van der Waals surface area contributed by atoms with Gasteiger partial charge in [0.2, 0.25) is 0 Å². The standard InChI is InChI=1S/C24H16N3S/c1-13-7-8-14-15-9-10-28-24(15)21-16-5-3-4-6-17(16)27-18-11-25-12-26(2)22(18)19(13)20(14)23(21)27/h3-12H,1-2H3/q+1. The Kier molecular flexibility index (Phi) is 2.52. The lowest BCUT2D eigenvalue weighted by Gasteiger charge is -2.14. The highest BCUT2D eigenvalue weighted by atomic mass is 32.1. The highest BCUT2D eigenvalue weighted by Crippen LogP contribution is 2.47. The third-order valence-electron chi connectivity index (χ3n) is 6.22. The number of rotatable bonds is 0. The number of fused-ring (bicyclic) bond motifs is 9. The topological polar surface area (TPSA) is 21.2 Å². The summed E-state index contributed by atoms with van der Waals surface area (Å²) in [6.07, 6.45) is 3.93. The maximum atomic E-state index is 4.53. The van der Waals surface area contributed by atoms with Crippen LogP contribution < -0.4 is 4.57 Å². The molecule has 0 aliphatic heterocycles. The molecule has 28 heavy (non-hydrogen) atoms. The van der Waals surface area contributed by atoms with Crippen LogP contribution in [0.15, 0.2) is 60.4 Å². The van der Waals surface area contributed by atoms with Crippen LogP contribution in [0.5, 0.6) is 0 Å². The van der Waals surface area contributed by atoms with E-state index >= 15 is 0 Å². The van der Waals surface area contributed by atoms with Gasteiger partial charge in [-0.25, -0.2) is 4.57 Å². The molecule has 7 aromatic rings. The van der Waals surface area contributed by atoms with E-state index in [0.29, 0.717) is 0 Å². The van der Waals surface area contributed by atoms with Crippen LogP contribution in [-0.2, 0) is 7.05 Å². The molecule has 0 bridgehead atoms. The Morgan fingerprint density at radius 3 is 2.71 bits per heavy atom. The lowest BCUT2D eigenvalue weighted by atomic mass is 9.95. The number of hydrogen-bond acceptors (Lipinski definition) is 2. The number of aromatic nitrogens is 3. The molecule has 7 rings (SSSR count). The predicted molar refractivity (Wildman–Crippen MR) is 118 cm³/mol. The molecule has 0 saturated carbocycles. The highest BCUT2D eigenvalue weighted by molar-refractivity contribution is 7.18. The lowest BCUT2D eigenvalue weighted by Crippen LogP contribution is -2.30. The fourth-order valence-corrected chi connectivity index (χ4v) is 6.10. The summed E-state index contributed by atoms with van der Waals surface area (Å²) in [6, 6.07) is 15.6. The Labute approximate surface area is 164 Å². The van der Waals surface area contributed by atoms with Crippen molar-refractivity contribution in [3.8, 4) is 0 Å². The van der Waals surface area contributed by atoms with E-state index in [1.54, 1.807) is 0 Å². The average molecular weight is 378 g/mol. The zero-order valence-corrected chi connectivity index (χ0v) is 16.3. The van der Waals surface area contributed by atoms with Crippen molar-refractivity contribution in [1.82, 2.24) is 9.38 Å². The Balaban J connectivity index is 2.08. The first kappa shape index (κ1) is 14.8. The van der Waals surface area contributed by atoms with Crippen molar-refractivity contribution in [2.45, 2.75) is 6.92 Å². The molecule has 0 aliphatic carbocycles. The van der Waals surface area contributed by atoms with E-state index in [0.717, 1.165) is 5.52 Å². The molecule has 0 saturated heterocycles. The molecule has 0 aliphatic rings. The summed E-state index contributed by atoms with van der Waals surface area (Å²) in [7, 11) is 2.10. The smallest absolute Gasteiger partial charge is 0.286 e. The van der Waals surface area contributed by atoms with E-state index < -0.39 is 0 Å². The highest BCUT2D eigenvalue weighted by Gasteiger charge is 2.25. The van der Waals surface area contributed by atoms with Gasteiger partial charge in [-0.15, -0.1) is 11.3 Å². The molecular weight excluding hydrogens is 362 g/mol. The Hall–Kier alpha value is -3.24. The van der Waals surface area contributed by atoms with Gasteiger partial charge in [0, 0.05) is 31.6 Å². The van der Waals surface area contributed by atoms with Crippen LogP contribution in [0.4, 0.5) is 0 Å². The number of para-hydroxylation sites is 1. The van der Waals surface area contributed by atoms with Gasteiger partial charge >= 0.3 is 0 Å². The number of hydrogen-bond donors (Lipinski definition) is 0. The summed E-state index contributed by atoms with van der Waals surface area (Å²) in [6.45, 7) is 2.22. The molecule has 0 amide bonds. The van der Waals surface area contributed by atoms with E-state index in [1.807, 2.05) is 23.9 Å². The van der Waals surface area contributed by atoms with E-state index in [4.69, 9.17) is 0 Å². The van der Waals surface area contributed by atoms with Gasteiger partial charge in [0.25, 0.3) is 6.33 Å². The molecule has 4 heterocycles. The van der Waals surface area contributed by atoms with E-state index in [2.05, 4.69) is 75.8 Å². The summed E-state index contributed by atoms with van der Waals surface area (Å²) in [5, 5.41) is 10.3. The Morgan fingerprint density at radius 1 is 0.893 bits per heavy atom. The van der Waals surface area contributed by atoms with Gasteiger partial charge in [0.05, 0.1) is 18.1 Å². The molecule has 0 radical (unpaired) electrons. The molecule has 0 spiro atoms. The summed E-state index contributed by atoms with van der Waals surface area (Å²) < 4.78 is 5.98. The molecule has 3 nitrogen and oxygen atoms in total. The minimum Gasteiger partial charge on any atom is -0.302 e. The van der Waals surface area contributed by atoms with Crippen molar-refractivity contribution in [2.75, 3.05) is 0 Å². The number of aryl methyl sites for hydroxylation is 2. The second-order valence-corrected chi connectivity index (χ2v) is 8.57. The van der Waals surface area contributed by atoms with Gasteiger partial charge in [-0.3, -0.25) is 0 Å². The zero-order chi connectivity index (χ0) is 18.6. The SMILES string of the molecule is Cc1ccc2c3ccsc3c3c4ccccc4n4c5cnc[n+](C)c5c1c2c34.